The molecule has 86 valence electrons. The summed E-state index contributed by atoms with van der Waals surface area (Å²) in [6, 6.07) is 0. The van der Waals surface area contributed by atoms with E-state index in [0.29, 0.717) is 0 Å². The van der Waals surface area contributed by atoms with Gasteiger partial charge in [0.25, 0.3) is 0 Å². The van der Waals surface area contributed by atoms with Crippen LogP contribution in [-0.2, 0) is 23.9 Å². The average Bonchev–Trinajstić information content (AvgIpc) is 2.14. The Morgan fingerprint density at radius 3 is 2.20 bits per heavy atom. The van der Waals surface area contributed by atoms with Crippen molar-refractivity contribution in [2.24, 2.45) is 0 Å². The van der Waals surface area contributed by atoms with Crippen molar-refractivity contribution in [1.29, 1.82) is 0 Å². The molecule has 0 aromatic rings. The van der Waals surface area contributed by atoms with Gasteiger partial charge in [0.1, 0.15) is 5.78 Å². The fourth-order valence-electron chi connectivity index (χ4n) is 0.773. The Morgan fingerprint density at radius 1 is 1.33 bits per heavy atom. The second-order valence-electron chi connectivity index (χ2n) is 3.05. The smallest absolute Gasteiger partial charge is 0.345 e. The quantitative estimate of drug-likeness (QED) is 0.631. The number of rotatable bonds is 6. The van der Waals surface area contributed by atoms with E-state index in [1.165, 1.54) is 21.0 Å². The van der Waals surface area contributed by atoms with E-state index in [1.807, 2.05) is 0 Å². The number of aliphatic carboxylic acids is 1. The Kier molecular flexibility index (Phi) is 5.54. The van der Waals surface area contributed by atoms with Crippen LogP contribution < -0.4 is 0 Å². The highest BCUT2D eigenvalue weighted by Crippen LogP contribution is 2.03. The largest absolute Gasteiger partial charge is 0.478 e. The molecule has 15 heavy (non-hydrogen) atoms. The number of ketones is 1. The molecule has 6 nitrogen and oxygen atoms in total. The summed E-state index contributed by atoms with van der Waals surface area (Å²) in [6.07, 6.45) is -2.62. The zero-order valence-electron chi connectivity index (χ0n) is 8.85. The highest BCUT2D eigenvalue weighted by molar-refractivity contribution is 5.86. The Balaban J connectivity index is 4.35. The summed E-state index contributed by atoms with van der Waals surface area (Å²) in [7, 11) is 1.30. The molecule has 0 aliphatic rings. The number of hydrogen-bond acceptors (Lipinski definition) is 5. The summed E-state index contributed by atoms with van der Waals surface area (Å²) in [6.45, 7) is 2.65. The van der Waals surface area contributed by atoms with Crippen molar-refractivity contribution in [2.45, 2.75) is 32.5 Å². The second-order valence-corrected chi connectivity index (χ2v) is 3.05. The van der Waals surface area contributed by atoms with Gasteiger partial charge in [0.15, 0.2) is 6.10 Å². The third-order valence-electron chi connectivity index (χ3n) is 1.69. The number of methoxy groups -OCH3 is 1. The molecule has 0 saturated heterocycles. The number of carbonyl (C=O) groups is 3. The summed E-state index contributed by atoms with van der Waals surface area (Å²) in [4.78, 5) is 32.5. The van der Waals surface area contributed by atoms with E-state index < -0.39 is 24.1 Å². The molecule has 0 radical (unpaired) electrons. The number of carboxylic acids is 1. The first-order valence-electron chi connectivity index (χ1n) is 4.34. The lowest BCUT2D eigenvalue weighted by atomic mass is 10.2. The van der Waals surface area contributed by atoms with Crippen LogP contribution in [0.4, 0.5) is 0 Å². The van der Waals surface area contributed by atoms with E-state index in [4.69, 9.17) is 5.11 Å². The average molecular weight is 218 g/mol. The zero-order valence-corrected chi connectivity index (χ0v) is 8.85. The summed E-state index contributed by atoms with van der Waals surface area (Å²) >= 11 is 0. The van der Waals surface area contributed by atoms with Gasteiger partial charge in [-0.1, -0.05) is 0 Å². The van der Waals surface area contributed by atoms with Crippen LogP contribution in [-0.4, -0.2) is 42.1 Å². The Bertz CT molecular complexity index is 259. The molecule has 0 spiro atoms. The number of carbonyl (C=O) groups excluding carboxylic acids is 2. The highest BCUT2D eigenvalue weighted by Gasteiger charge is 2.26. The summed E-state index contributed by atoms with van der Waals surface area (Å²) < 4.78 is 9.24. The van der Waals surface area contributed by atoms with E-state index in [-0.39, 0.29) is 12.2 Å². The number of esters is 1. The van der Waals surface area contributed by atoms with Gasteiger partial charge in [0, 0.05) is 7.11 Å². The number of Topliss-reactive ketones (excluding diaryl/α,β-unsaturated/α-hetero) is 1. The van der Waals surface area contributed by atoms with Gasteiger partial charge in [-0.15, -0.1) is 0 Å². The Labute approximate surface area is 87.2 Å². The minimum atomic E-state index is -1.44. The van der Waals surface area contributed by atoms with Gasteiger partial charge in [-0.05, 0) is 13.8 Å². The third-order valence-corrected chi connectivity index (χ3v) is 1.69. The lowest BCUT2D eigenvalue weighted by molar-refractivity contribution is -0.171. The monoisotopic (exact) mass is 218 g/mol. The van der Waals surface area contributed by atoms with Gasteiger partial charge < -0.3 is 14.6 Å². The Morgan fingerprint density at radius 2 is 1.87 bits per heavy atom. The molecule has 0 rings (SSSR count). The molecule has 2 unspecified atom stereocenters. The molecule has 0 fully saturated rings. The van der Waals surface area contributed by atoms with Gasteiger partial charge in [0.05, 0.1) is 6.42 Å². The summed E-state index contributed by atoms with van der Waals surface area (Å²) in [5, 5.41) is 8.66. The van der Waals surface area contributed by atoms with Crippen molar-refractivity contribution in [2.75, 3.05) is 7.11 Å². The molecule has 0 aliphatic heterocycles. The van der Waals surface area contributed by atoms with Gasteiger partial charge in [-0.3, -0.25) is 4.79 Å². The molecular weight excluding hydrogens is 204 g/mol. The first-order valence-corrected chi connectivity index (χ1v) is 4.34. The predicted octanol–water partition coefficient (Wildman–Crippen LogP) is -0.00320. The lowest BCUT2D eigenvalue weighted by Gasteiger charge is -2.14. The van der Waals surface area contributed by atoms with Crippen LogP contribution in [0.25, 0.3) is 0 Å². The predicted molar refractivity (Wildman–Crippen MR) is 49.3 cm³/mol. The van der Waals surface area contributed by atoms with Crippen LogP contribution in [0.1, 0.15) is 20.3 Å². The van der Waals surface area contributed by atoms with Crippen molar-refractivity contribution < 1.29 is 29.0 Å². The van der Waals surface area contributed by atoms with Crippen molar-refractivity contribution in [3.63, 3.8) is 0 Å². The highest BCUT2D eigenvalue weighted by atomic mass is 16.6. The summed E-state index contributed by atoms with van der Waals surface area (Å²) in [5.41, 5.74) is 0. The maximum atomic E-state index is 11.1. The third kappa shape index (κ3) is 5.11. The molecule has 0 saturated carbocycles. The van der Waals surface area contributed by atoms with Crippen molar-refractivity contribution in [1.82, 2.24) is 0 Å². The molecule has 1 N–H and O–H groups in total. The Hall–Kier alpha value is -1.43. The van der Waals surface area contributed by atoms with E-state index in [9.17, 15) is 14.4 Å². The molecule has 6 heteroatoms. The molecule has 0 heterocycles. The minimum absolute atomic E-state index is 0.336. The molecule has 2 atom stereocenters. The van der Waals surface area contributed by atoms with Crippen LogP contribution in [0.15, 0.2) is 0 Å². The van der Waals surface area contributed by atoms with Gasteiger partial charge in [0.2, 0.25) is 6.10 Å². The van der Waals surface area contributed by atoms with Crippen LogP contribution in [0.3, 0.4) is 0 Å². The van der Waals surface area contributed by atoms with Crippen molar-refractivity contribution >= 4 is 17.7 Å². The molecule has 0 amide bonds. The fraction of sp³-hybridized carbons (Fsp3) is 0.667. The number of hydrogen-bond donors (Lipinski definition) is 1. The molecule has 0 bridgehead atoms. The normalized spacial score (nSPS) is 14.1. The number of carboxylic acid groups (broad SMARTS) is 1. The topological polar surface area (TPSA) is 89.9 Å². The van der Waals surface area contributed by atoms with E-state index >= 15 is 0 Å². The second kappa shape index (κ2) is 6.13. The molecule has 0 aromatic carbocycles. The SMILES string of the molecule is COC(C)C(=O)OC(CC(C)=O)C(=O)O. The van der Waals surface area contributed by atoms with Crippen LogP contribution >= 0.6 is 0 Å². The minimum Gasteiger partial charge on any atom is -0.478 e. The lowest BCUT2D eigenvalue weighted by Crippen LogP contribution is -2.33. The van der Waals surface area contributed by atoms with Crippen LogP contribution in [0.5, 0.6) is 0 Å². The van der Waals surface area contributed by atoms with Crippen molar-refractivity contribution in [3.05, 3.63) is 0 Å². The molecular formula is C9H14O6. The molecule has 0 aliphatic carbocycles. The first kappa shape index (κ1) is 13.6. The maximum absolute atomic E-state index is 11.1. The summed E-state index contributed by atoms with van der Waals surface area (Å²) in [5.74, 6) is -2.51. The zero-order chi connectivity index (χ0) is 12.0. The van der Waals surface area contributed by atoms with E-state index in [1.54, 1.807) is 0 Å². The van der Waals surface area contributed by atoms with E-state index in [0.717, 1.165) is 0 Å². The van der Waals surface area contributed by atoms with Gasteiger partial charge >= 0.3 is 11.9 Å². The first-order chi connectivity index (χ1) is 6.88. The number of ether oxygens (including phenoxy) is 2. The standard InChI is InChI=1S/C9H14O6/c1-5(10)4-7(8(11)12)15-9(13)6(2)14-3/h6-7H,4H2,1-3H3,(H,11,12). The molecule has 0 aromatic heterocycles. The van der Waals surface area contributed by atoms with Gasteiger partial charge in [-0.2, -0.15) is 0 Å². The maximum Gasteiger partial charge on any atom is 0.345 e. The van der Waals surface area contributed by atoms with Crippen molar-refractivity contribution in [3.8, 4) is 0 Å². The van der Waals surface area contributed by atoms with Crippen LogP contribution in [0.2, 0.25) is 0 Å². The fourth-order valence-corrected chi connectivity index (χ4v) is 0.773. The van der Waals surface area contributed by atoms with E-state index in [2.05, 4.69) is 9.47 Å². The van der Waals surface area contributed by atoms with Crippen LogP contribution in [0, 0.1) is 0 Å². The van der Waals surface area contributed by atoms with Gasteiger partial charge in [-0.25, -0.2) is 9.59 Å².